The van der Waals surface area contributed by atoms with Crippen LogP contribution in [0.3, 0.4) is 0 Å². The molecular formula is C14H25N5. The predicted molar refractivity (Wildman–Crippen MR) is 78.4 cm³/mol. The van der Waals surface area contributed by atoms with Crippen molar-refractivity contribution in [3.8, 4) is 0 Å². The second-order valence-corrected chi connectivity index (χ2v) is 5.04. The molecule has 0 atom stereocenters. The molecule has 0 saturated carbocycles. The predicted octanol–water partition coefficient (Wildman–Crippen LogP) is 1.14. The molecule has 1 aliphatic rings. The van der Waals surface area contributed by atoms with Gasteiger partial charge in [-0.2, -0.15) is 0 Å². The van der Waals surface area contributed by atoms with Gasteiger partial charge in [-0.3, -0.25) is 0 Å². The van der Waals surface area contributed by atoms with Gasteiger partial charge < -0.3 is 15.5 Å². The van der Waals surface area contributed by atoms with Crippen LogP contribution < -0.4 is 10.6 Å². The highest BCUT2D eigenvalue weighted by atomic mass is 15.2. The summed E-state index contributed by atoms with van der Waals surface area (Å²) in [4.78, 5) is 11.2. The summed E-state index contributed by atoms with van der Waals surface area (Å²) >= 11 is 0. The van der Waals surface area contributed by atoms with E-state index < -0.39 is 0 Å². The molecule has 1 fully saturated rings. The fraction of sp³-hybridized carbons (Fsp3) is 0.714. The number of rotatable bonds is 7. The summed E-state index contributed by atoms with van der Waals surface area (Å²) in [6, 6.07) is 0. The summed E-state index contributed by atoms with van der Waals surface area (Å²) in [5, 5.41) is 6.66. The van der Waals surface area contributed by atoms with Gasteiger partial charge in [-0.25, -0.2) is 9.97 Å². The molecule has 2 N–H and O–H groups in total. The van der Waals surface area contributed by atoms with Gasteiger partial charge in [-0.1, -0.05) is 13.3 Å². The maximum Gasteiger partial charge on any atom is 0.222 e. The lowest BCUT2D eigenvalue weighted by Crippen LogP contribution is -2.44. The van der Waals surface area contributed by atoms with Crippen molar-refractivity contribution in [2.45, 2.75) is 26.2 Å². The van der Waals surface area contributed by atoms with Crippen LogP contribution in [0.15, 0.2) is 12.4 Å². The van der Waals surface area contributed by atoms with Crippen molar-refractivity contribution >= 4 is 5.95 Å². The average Bonchev–Trinajstić information content (AvgIpc) is 2.47. The zero-order valence-electron chi connectivity index (χ0n) is 11.9. The summed E-state index contributed by atoms with van der Waals surface area (Å²) in [5.74, 6) is 0.750. The third-order valence-electron chi connectivity index (χ3n) is 3.39. The Bertz CT molecular complexity index is 345. The molecule has 2 rings (SSSR count). The van der Waals surface area contributed by atoms with Crippen LogP contribution in [0.4, 0.5) is 5.95 Å². The van der Waals surface area contributed by atoms with E-state index in [2.05, 4.69) is 32.4 Å². The Labute approximate surface area is 115 Å². The van der Waals surface area contributed by atoms with E-state index in [0.29, 0.717) is 0 Å². The van der Waals surface area contributed by atoms with E-state index in [9.17, 15) is 0 Å². The molecule has 1 aromatic rings. The first-order valence-electron chi connectivity index (χ1n) is 7.36. The van der Waals surface area contributed by atoms with Crippen LogP contribution in [0.2, 0.25) is 0 Å². The molecule has 0 unspecified atom stereocenters. The van der Waals surface area contributed by atoms with E-state index in [0.717, 1.165) is 51.4 Å². The average molecular weight is 263 g/mol. The molecule has 2 heterocycles. The van der Waals surface area contributed by atoms with Gasteiger partial charge in [-0.05, 0) is 24.9 Å². The Balaban J connectivity index is 1.62. The summed E-state index contributed by atoms with van der Waals surface area (Å²) in [6.07, 6.45) is 7.19. The Morgan fingerprint density at radius 2 is 2.00 bits per heavy atom. The highest BCUT2D eigenvalue weighted by Crippen LogP contribution is 2.03. The quantitative estimate of drug-likeness (QED) is 0.723. The molecule has 0 spiro atoms. The minimum Gasteiger partial charge on any atom is -0.354 e. The van der Waals surface area contributed by atoms with Crippen molar-refractivity contribution < 1.29 is 0 Å². The summed E-state index contributed by atoms with van der Waals surface area (Å²) < 4.78 is 0. The minimum atomic E-state index is 0.750. The molecule has 1 aromatic heterocycles. The lowest BCUT2D eigenvalue weighted by atomic mass is 10.2. The SMILES string of the molecule is CCCc1cnc(NCCCN2CCNCC2)nc1. The van der Waals surface area contributed by atoms with Crippen LogP contribution in [-0.4, -0.2) is 54.1 Å². The molecule has 0 radical (unpaired) electrons. The number of hydrogen-bond acceptors (Lipinski definition) is 5. The van der Waals surface area contributed by atoms with Gasteiger partial charge in [0.1, 0.15) is 0 Å². The number of aryl methyl sites for hydroxylation is 1. The molecule has 106 valence electrons. The fourth-order valence-electron chi connectivity index (χ4n) is 2.30. The largest absolute Gasteiger partial charge is 0.354 e. The first-order valence-corrected chi connectivity index (χ1v) is 7.36. The second-order valence-electron chi connectivity index (χ2n) is 5.04. The number of nitrogens with one attached hydrogen (secondary N) is 2. The second kappa shape index (κ2) is 8.07. The maximum atomic E-state index is 4.34. The Morgan fingerprint density at radius 1 is 1.26 bits per heavy atom. The summed E-state index contributed by atoms with van der Waals surface area (Å²) in [6.45, 7) is 8.84. The molecule has 19 heavy (non-hydrogen) atoms. The lowest BCUT2D eigenvalue weighted by molar-refractivity contribution is 0.240. The third-order valence-corrected chi connectivity index (χ3v) is 3.39. The van der Waals surface area contributed by atoms with Gasteiger partial charge in [0.15, 0.2) is 0 Å². The van der Waals surface area contributed by atoms with Crippen molar-refractivity contribution in [1.29, 1.82) is 0 Å². The van der Waals surface area contributed by atoms with Crippen molar-refractivity contribution in [3.05, 3.63) is 18.0 Å². The maximum absolute atomic E-state index is 4.34. The van der Waals surface area contributed by atoms with E-state index in [4.69, 9.17) is 0 Å². The van der Waals surface area contributed by atoms with E-state index in [1.807, 2.05) is 12.4 Å². The molecule has 5 nitrogen and oxygen atoms in total. The first-order chi connectivity index (χ1) is 9.38. The van der Waals surface area contributed by atoms with Crippen molar-refractivity contribution in [2.75, 3.05) is 44.6 Å². The smallest absolute Gasteiger partial charge is 0.222 e. The highest BCUT2D eigenvalue weighted by molar-refractivity contribution is 5.24. The summed E-state index contributed by atoms with van der Waals surface area (Å²) in [7, 11) is 0. The number of anilines is 1. The van der Waals surface area contributed by atoms with Gasteiger partial charge in [-0.15, -0.1) is 0 Å². The first kappa shape index (κ1) is 14.2. The topological polar surface area (TPSA) is 53.1 Å². The molecular weight excluding hydrogens is 238 g/mol. The van der Waals surface area contributed by atoms with Gasteiger partial charge in [0, 0.05) is 45.1 Å². The Hall–Kier alpha value is -1.20. The van der Waals surface area contributed by atoms with Crippen LogP contribution in [0, 0.1) is 0 Å². The van der Waals surface area contributed by atoms with Crippen LogP contribution >= 0.6 is 0 Å². The summed E-state index contributed by atoms with van der Waals surface area (Å²) in [5.41, 5.74) is 1.22. The third kappa shape index (κ3) is 5.12. The normalized spacial score (nSPS) is 16.5. The van der Waals surface area contributed by atoms with Crippen LogP contribution in [0.1, 0.15) is 25.3 Å². The highest BCUT2D eigenvalue weighted by Gasteiger charge is 2.08. The van der Waals surface area contributed by atoms with Crippen LogP contribution in [0.5, 0.6) is 0 Å². The molecule has 0 amide bonds. The van der Waals surface area contributed by atoms with E-state index in [-0.39, 0.29) is 0 Å². The number of piperazine rings is 1. The minimum absolute atomic E-state index is 0.750. The number of hydrogen-bond donors (Lipinski definition) is 2. The van der Waals surface area contributed by atoms with Crippen LogP contribution in [0.25, 0.3) is 0 Å². The molecule has 0 aromatic carbocycles. The van der Waals surface area contributed by atoms with Crippen molar-refractivity contribution in [1.82, 2.24) is 20.2 Å². The molecule has 0 aliphatic carbocycles. The zero-order chi connectivity index (χ0) is 13.3. The van der Waals surface area contributed by atoms with Gasteiger partial charge in [0.05, 0.1) is 0 Å². The molecule has 0 bridgehead atoms. The number of nitrogens with zero attached hydrogens (tertiary/aromatic N) is 3. The van der Waals surface area contributed by atoms with Gasteiger partial charge in [0.25, 0.3) is 0 Å². The van der Waals surface area contributed by atoms with Crippen molar-refractivity contribution in [3.63, 3.8) is 0 Å². The molecule has 5 heteroatoms. The number of aromatic nitrogens is 2. The van der Waals surface area contributed by atoms with Gasteiger partial charge >= 0.3 is 0 Å². The molecule has 1 aliphatic heterocycles. The van der Waals surface area contributed by atoms with E-state index >= 15 is 0 Å². The van der Waals surface area contributed by atoms with Gasteiger partial charge in [0.2, 0.25) is 5.95 Å². The van der Waals surface area contributed by atoms with Crippen LogP contribution in [-0.2, 0) is 6.42 Å². The lowest BCUT2D eigenvalue weighted by Gasteiger charge is -2.27. The monoisotopic (exact) mass is 263 g/mol. The van der Waals surface area contributed by atoms with E-state index in [1.54, 1.807) is 0 Å². The molecule has 1 saturated heterocycles. The fourth-order valence-corrected chi connectivity index (χ4v) is 2.30. The Morgan fingerprint density at radius 3 is 2.68 bits per heavy atom. The van der Waals surface area contributed by atoms with Crippen molar-refractivity contribution in [2.24, 2.45) is 0 Å². The Kier molecular flexibility index (Phi) is 6.04. The van der Waals surface area contributed by atoms with E-state index in [1.165, 1.54) is 18.7 Å². The standard InChI is InChI=1S/C14H25N5/c1-2-4-13-11-17-14(18-12-13)16-5-3-8-19-9-6-15-7-10-19/h11-12,15H,2-10H2,1H3,(H,16,17,18). The zero-order valence-corrected chi connectivity index (χ0v) is 11.9.